The van der Waals surface area contributed by atoms with E-state index >= 15 is 0 Å². The van der Waals surface area contributed by atoms with Gasteiger partial charge in [0.05, 0.1) is 19.8 Å². The van der Waals surface area contributed by atoms with Gasteiger partial charge in [0.25, 0.3) is 0 Å². The molecule has 0 aliphatic heterocycles. The van der Waals surface area contributed by atoms with Gasteiger partial charge in [-0.05, 0) is 18.4 Å². The Kier molecular flexibility index (Phi) is 12.8. The standard InChI is InChI=1S/C19H33O6P/c1-4-6-13-22-16-19(23-14-7-5-2)17-25-26(20,21-3)24-15-18-11-9-8-10-12-18/h8-12,19H,4-7,13-17H2,1-3H3/t19-,26-/m0/s1. The molecule has 1 aromatic carbocycles. The second-order valence-electron chi connectivity index (χ2n) is 5.96. The molecule has 0 unspecified atom stereocenters. The summed E-state index contributed by atoms with van der Waals surface area (Å²) in [7, 11) is -2.32. The molecule has 0 heterocycles. The Morgan fingerprint density at radius 3 is 2.31 bits per heavy atom. The fourth-order valence-corrected chi connectivity index (χ4v) is 2.99. The average Bonchev–Trinajstić information content (AvgIpc) is 2.68. The maximum Gasteiger partial charge on any atom is 0.474 e. The predicted octanol–water partition coefficient (Wildman–Crippen LogP) is 4.98. The topological polar surface area (TPSA) is 63.2 Å². The summed E-state index contributed by atoms with van der Waals surface area (Å²) >= 11 is 0. The lowest BCUT2D eigenvalue weighted by Crippen LogP contribution is -2.26. The van der Waals surface area contributed by atoms with Crippen molar-refractivity contribution < 1.29 is 27.6 Å². The highest BCUT2D eigenvalue weighted by Gasteiger charge is 2.27. The maximum absolute atomic E-state index is 12.6. The molecule has 0 fully saturated rings. The third kappa shape index (κ3) is 10.4. The molecule has 6 nitrogen and oxygen atoms in total. The number of hydrogen-bond donors (Lipinski definition) is 0. The molecular formula is C19H33O6P. The Bertz CT molecular complexity index is 496. The summed E-state index contributed by atoms with van der Waals surface area (Å²) in [6, 6.07) is 9.47. The Morgan fingerprint density at radius 1 is 0.962 bits per heavy atom. The number of rotatable bonds is 16. The molecule has 0 saturated heterocycles. The average molecular weight is 388 g/mol. The lowest BCUT2D eigenvalue weighted by atomic mass is 10.2. The van der Waals surface area contributed by atoms with Crippen LogP contribution in [0.1, 0.15) is 45.1 Å². The van der Waals surface area contributed by atoms with Crippen LogP contribution in [-0.4, -0.2) is 39.6 Å². The summed E-state index contributed by atoms with van der Waals surface area (Å²) in [5.41, 5.74) is 0.895. The smallest absolute Gasteiger partial charge is 0.379 e. The molecule has 26 heavy (non-hydrogen) atoms. The normalized spacial score (nSPS) is 14.9. The van der Waals surface area contributed by atoms with Crippen LogP contribution in [0.15, 0.2) is 30.3 Å². The molecule has 0 aliphatic rings. The van der Waals surface area contributed by atoms with E-state index in [4.69, 9.17) is 23.0 Å². The first kappa shape index (κ1) is 23.3. The van der Waals surface area contributed by atoms with Gasteiger partial charge in [-0.1, -0.05) is 57.0 Å². The molecule has 1 aromatic rings. The molecule has 0 aliphatic carbocycles. The van der Waals surface area contributed by atoms with Crippen LogP contribution < -0.4 is 0 Å². The van der Waals surface area contributed by atoms with E-state index in [1.54, 1.807) is 0 Å². The fraction of sp³-hybridized carbons (Fsp3) is 0.684. The number of unbranched alkanes of at least 4 members (excludes halogenated alkanes) is 2. The minimum atomic E-state index is -3.64. The van der Waals surface area contributed by atoms with Crippen molar-refractivity contribution in [2.45, 2.75) is 52.2 Å². The van der Waals surface area contributed by atoms with Gasteiger partial charge in [0.15, 0.2) is 0 Å². The van der Waals surface area contributed by atoms with Gasteiger partial charge in [0.2, 0.25) is 0 Å². The van der Waals surface area contributed by atoms with E-state index in [-0.39, 0.29) is 19.3 Å². The summed E-state index contributed by atoms with van der Waals surface area (Å²) < 4.78 is 39.9. The molecule has 150 valence electrons. The summed E-state index contributed by atoms with van der Waals surface area (Å²) in [6.07, 6.45) is 3.77. The van der Waals surface area contributed by atoms with Crippen LogP contribution in [0, 0.1) is 0 Å². The van der Waals surface area contributed by atoms with Crippen molar-refractivity contribution in [2.75, 3.05) is 33.5 Å². The van der Waals surface area contributed by atoms with Gasteiger partial charge in [-0.2, -0.15) is 0 Å². The second kappa shape index (κ2) is 14.3. The zero-order chi connectivity index (χ0) is 19.1. The summed E-state index contributed by atoms with van der Waals surface area (Å²) in [4.78, 5) is 0. The van der Waals surface area contributed by atoms with Gasteiger partial charge >= 0.3 is 7.82 Å². The maximum atomic E-state index is 12.6. The van der Waals surface area contributed by atoms with E-state index in [1.165, 1.54) is 7.11 Å². The van der Waals surface area contributed by atoms with Gasteiger partial charge in [-0.25, -0.2) is 4.57 Å². The molecule has 0 N–H and O–H groups in total. The number of phosphoric acid groups is 1. The highest BCUT2D eigenvalue weighted by atomic mass is 31.2. The molecule has 0 amide bonds. The zero-order valence-electron chi connectivity index (χ0n) is 16.2. The first-order valence-corrected chi connectivity index (χ1v) is 10.8. The molecule has 0 radical (unpaired) electrons. The minimum Gasteiger partial charge on any atom is -0.379 e. The fourth-order valence-electron chi connectivity index (χ4n) is 2.04. The van der Waals surface area contributed by atoms with Crippen LogP contribution >= 0.6 is 7.82 Å². The highest BCUT2D eigenvalue weighted by molar-refractivity contribution is 7.48. The molecule has 2 atom stereocenters. The molecule has 7 heteroatoms. The van der Waals surface area contributed by atoms with E-state index in [2.05, 4.69) is 13.8 Å². The monoisotopic (exact) mass is 388 g/mol. The Balaban J connectivity index is 2.47. The van der Waals surface area contributed by atoms with Crippen LogP contribution in [0.25, 0.3) is 0 Å². The lowest BCUT2D eigenvalue weighted by molar-refractivity contribution is -0.0451. The van der Waals surface area contributed by atoms with Gasteiger partial charge in [0.1, 0.15) is 6.10 Å². The third-order valence-electron chi connectivity index (χ3n) is 3.67. The molecule has 0 saturated carbocycles. The van der Waals surface area contributed by atoms with Crippen molar-refractivity contribution in [3.63, 3.8) is 0 Å². The Hall–Kier alpha value is -0.750. The zero-order valence-corrected chi connectivity index (χ0v) is 17.1. The van der Waals surface area contributed by atoms with Crippen LogP contribution in [0.5, 0.6) is 0 Å². The molecular weight excluding hydrogens is 355 g/mol. The van der Waals surface area contributed by atoms with Gasteiger partial charge in [0, 0.05) is 20.3 Å². The SMILES string of the molecule is CCCCOC[C@@H](CO[P@@](=O)(OC)OCc1ccccc1)OCCCC. The first-order valence-electron chi connectivity index (χ1n) is 9.31. The largest absolute Gasteiger partial charge is 0.474 e. The Morgan fingerprint density at radius 2 is 1.65 bits per heavy atom. The number of benzene rings is 1. The molecule has 0 aromatic heterocycles. The van der Waals surface area contributed by atoms with Crippen molar-refractivity contribution in [1.29, 1.82) is 0 Å². The number of phosphoric ester groups is 1. The van der Waals surface area contributed by atoms with E-state index in [9.17, 15) is 4.57 Å². The predicted molar refractivity (Wildman–Crippen MR) is 102 cm³/mol. The molecule has 0 bridgehead atoms. The van der Waals surface area contributed by atoms with Gasteiger partial charge < -0.3 is 9.47 Å². The van der Waals surface area contributed by atoms with E-state index in [0.29, 0.717) is 19.8 Å². The van der Waals surface area contributed by atoms with Crippen molar-refractivity contribution in [1.82, 2.24) is 0 Å². The first-order chi connectivity index (χ1) is 12.6. The summed E-state index contributed by atoms with van der Waals surface area (Å²) in [5, 5.41) is 0. The van der Waals surface area contributed by atoms with Gasteiger partial charge in [-0.3, -0.25) is 13.6 Å². The van der Waals surface area contributed by atoms with Crippen molar-refractivity contribution in [2.24, 2.45) is 0 Å². The van der Waals surface area contributed by atoms with Crippen LogP contribution in [0.2, 0.25) is 0 Å². The van der Waals surface area contributed by atoms with Gasteiger partial charge in [-0.15, -0.1) is 0 Å². The van der Waals surface area contributed by atoms with Crippen LogP contribution in [-0.2, 0) is 34.2 Å². The minimum absolute atomic E-state index is 0.0930. The third-order valence-corrected chi connectivity index (χ3v) is 5.03. The van der Waals surface area contributed by atoms with E-state index in [1.807, 2.05) is 30.3 Å². The lowest BCUT2D eigenvalue weighted by Gasteiger charge is -2.21. The van der Waals surface area contributed by atoms with E-state index < -0.39 is 7.82 Å². The van der Waals surface area contributed by atoms with E-state index in [0.717, 1.165) is 31.2 Å². The summed E-state index contributed by atoms with van der Waals surface area (Å²) in [6.45, 7) is 6.15. The van der Waals surface area contributed by atoms with Crippen molar-refractivity contribution in [3.05, 3.63) is 35.9 Å². The highest BCUT2D eigenvalue weighted by Crippen LogP contribution is 2.49. The van der Waals surface area contributed by atoms with Crippen molar-refractivity contribution in [3.8, 4) is 0 Å². The molecule has 1 rings (SSSR count). The second-order valence-corrected chi connectivity index (χ2v) is 7.74. The molecule has 0 spiro atoms. The Labute approximate surface area is 157 Å². The van der Waals surface area contributed by atoms with Crippen molar-refractivity contribution >= 4 is 7.82 Å². The summed E-state index contributed by atoms with van der Waals surface area (Å²) in [5.74, 6) is 0. The van der Waals surface area contributed by atoms with Crippen LogP contribution in [0.3, 0.4) is 0 Å². The number of ether oxygens (including phenoxy) is 2. The van der Waals surface area contributed by atoms with Crippen LogP contribution in [0.4, 0.5) is 0 Å². The number of hydrogen-bond acceptors (Lipinski definition) is 6. The quantitative estimate of drug-likeness (QED) is 0.294.